The molecule has 1 amide bonds. The highest BCUT2D eigenvalue weighted by Gasteiger charge is 2.11. The molecular formula is C13H13BN2O3S. The summed E-state index contributed by atoms with van der Waals surface area (Å²) in [5.74, 6) is 0. The summed E-state index contributed by atoms with van der Waals surface area (Å²) in [7, 11) is -1.55. The summed E-state index contributed by atoms with van der Waals surface area (Å²) in [6, 6.07) is 15.7. The summed E-state index contributed by atoms with van der Waals surface area (Å²) >= 11 is 0.914. The summed E-state index contributed by atoms with van der Waals surface area (Å²) in [6.45, 7) is 0. The zero-order chi connectivity index (χ0) is 14.4. The van der Waals surface area contributed by atoms with Crippen molar-refractivity contribution < 1.29 is 14.8 Å². The highest BCUT2D eigenvalue weighted by Crippen LogP contribution is 2.14. The highest BCUT2D eigenvalue weighted by atomic mass is 32.2. The fourth-order valence-electron chi connectivity index (χ4n) is 1.53. The maximum atomic E-state index is 11.7. The monoisotopic (exact) mass is 288 g/mol. The molecule has 0 bridgehead atoms. The van der Waals surface area contributed by atoms with E-state index in [1.165, 1.54) is 6.07 Å². The van der Waals surface area contributed by atoms with Gasteiger partial charge < -0.3 is 20.1 Å². The first-order valence-electron chi connectivity index (χ1n) is 5.90. The average Bonchev–Trinajstić information content (AvgIpc) is 2.46. The minimum absolute atomic E-state index is 0.293. The second-order valence-electron chi connectivity index (χ2n) is 3.98. The number of benzene rings is 2. The van der Waals surface area contributed by atoms with Crippen LogP contribution in [0.1, 0.15) is 0 Å². The smallest absolute Gasteiger partial charge is 0.423 e. The van der Waals surface area contributed by atoms with E-state index in [1.54, 1.807) is 18.2 Å². The normalized spacial score (nSPS) is 9.90. The Balaban J connectivity index is 1.90. The molecule has 0 aliphatic heterocycles. The van der Waals surface area contributed by atoms with Gasteiger partial charge in [-0.05, 0) is 29.7 Å². The van der Waals surface area contributed by atoms with Crippen LogP contribution in [0.15, 0.2) is 54.6 Å². The Bertz CT molecular complexity index is 581. The molecule has 0 radical (unpaired) electrons. The molecule has 0 heterocycles. The van der Waals surface area contributed by atoms with Gasteiger partial charge in [0.25, 0.3) is 0 Å². The van der Waals surface area contributed by atoms with Crippen LogP contribution in [0.5, 0.6) is 0 Å². The summed E-state index contributed by atoms with van der Waals surface area (Å²) in [6.07, 6.45) is 0. The van der Waals surface area contributed by atoms with Crippen molar-refractivity contribution in [1.82, 2.24) is 0 Å². The van der Waals surface area contributed by atoms with Gasteiger partial charge in [-0.2, -0.15) is 0 Å². The Hall–Kier alpha value is -1.96. The number of hydrogen-bond acceptors (Lipinski definition) is 5. The molecule has 2 aromatic carbocycles. The Morgan fingerprint density at radius 3 is 2.40 bits per heavy atom. The number of amides is 1. The summed E-state index contributed by atoms with van der Waals surface area (Å²) in [5, 5.41) is 20.5. The summed E-state index contributed by atoms with van der Waals surface area (Å²) in [5.41, 5.74) is 1.65. The van der Waals surface area contributed by atoms with E-state index >= 15 is 0 Å². The van der Waals surface area contributed by atoms with Gasteiger partial charge in [-0.3, -0.25) is 4.79 Å². The zero-order valence-corrected chi connectivity index (χ0v) is 11.3. The van der Waals surface area contributed by atoms with Crippen LogP contribution < -0.4 is 15.5 Å². The van der Waals surface area contributed by atoms with Gasteiger partial charge in [0.05, 0.1) is 0 Å². The van der Waals surface area contributed by atoms with E-state index in [0.29, 0.717) is 11.2 Å². The number of carbonyl (C=O) groups is 1. The predicted molar refractivity (Wildman–Crippen MR) is 82.9 cm³/mol. The lowest BCUT2D eigenvalue weighted by Gasteiger charge is -2.07. The van der Waals surface area contributed by atoms with Crippen molar-refractivity contribution in [3.8, 4) is 0 Å². The molecule has 0 aliphatic carbocycles. The molecule has 2 aromatic rings. The number of hydrogen-bond donors (Lipinski definition) is 4. The molecule has 0 fully saturated rings. The lowest BCUT2D eigenvalue weighted by molar-refractivity contribution is 0.270. The van der Waals surface area contributed by atoms with Crippen LogP contribution in [0.2, 0.25) is 0 Å². The number of carbonyl (C=O) groups excluding carboxylic acids is 1. The second-order valence-corrected chi connectivity index (χ2v) is 4.76. The van der Waals surface area contributed by atoms with Crippen molar-refractivity contribution in [2.45, 2.75) is 0 Å². The predicted octanol–water partition coefficient (Wildman–Crippen LogP) is 1.66. The maximum absolute atomic E-state index is 11.7. The Morgan fingerprint density at radius 2 is 1.70 bits per heavy atom. The Morgan fingerprint density at radius 1 is 1.00 bits per heavy atom. The molecule has 4 N–H and O–H groups in total. The van der Waals surface area contributed by atoms with Crippen LogP contribution in [0.25, 0.3) is 0 Å². The van der Waals surface area contributed by atoms with Crippen LogP contribution in [-0.4, -0.2) is 22.4 Å². The van der Waals surface area contributed by atoms with Gasteiger partial charge in [0.15, 0.2) is 0 Å². The Kier molecular flexibility index (Phi) is 5.06. The van der Waals surface area contributed by atoms with Crippen LogP contribution in [0.3, 0.4) is 0 Å². The van der Waals surface area contributed by atoms with Crippen molar-refractivity contribution in [3.63, 3.8) is 0 Å². The lowest BCUT2D eigenvalue weighted by atomic mass is 9.80. The average molecular weight is 288 g/mol. The number of rotatable bonds is 4. The lowest BCUT2D eigenvalue weighted by Crippen LogP contribution is -2.29. The maximum Gasteiger partial charge on any atom is 0.488 e. The molecular weight excluding hydrogens is 275 g/mol. The Labute approximate surface area is 121 Å². The molecule has 7 heteroatoms. The van der Waals surface area contributed by atoms with Gasteiger partial charge in [0, 0.05) is 23.3 Å². The molecule has 5 nitrogen and oxygen atoms in total. The van der Waals surface area contributed by atoms with Crippen molar-refractivity contribution in [3.05, 3.63) is 54.6 Å². The quantitative estimate of drug-likeness (QED) is 0.508. The van der Waals surface area contributed by atoms with Crippen molar-refractivity contribution in [1.29, 1.82) is 0 Å². The third-order valence-corrected chi connectivity index (χ3v) is 3.09. The highest BCUT2D eigenvalue weighted by molar-refractivity contribution is 8.15. The second kappa shape index (κ2) is 7.00. The fourth-order valence-corrected chi connectivity index (χ4v) is 2.05. The van der Waals surface area contributed by atoms with E-state index in [4.69, 9.17) is 10.0 Å². The molecule has 0 saturated heterocycles. The largest absolute Gasteiger partial charge is 0.488 e. The van der Waals surface area contributed by atoms with Gasteiger partial charge in [0.1, 0.15) is 0 Å². The van der Waals surface area contributed by atoms with Crippen LogP contribution in [0, 0.1) is 0 Å². The molecule has 0 aliphatic rings. The fraction of sp³-hybridized carbons (Fsp3) is 0. The molecule has 0 aromatic heterocycles. The van der Waals surface area contributed by atoms with Crippen molar-refractivity contribution >= 4 is 41.1 Å². The molecule has 0 saturated carbocycles. The first kappa shape index (κ1) is 14.5. The molecule has 0 unspecified atom stereocenters. The third kappa shape index (κ3) is 4.31. The van der Waals surface area contributed by atoms with E-state index in [-0.39, 0.29) is 5.24 Å². The van der Waals surface area contributed by atoms with Gasteiger partial charge in [-0.25, -0.2) is 0 Å². The van der Waals surface area contributed by atoms with E-state index in [2.05, 4.69) is 10.0 Å². The minimum atomic E-state index is -1.55. The standard InChI is InChI=1S/C13H13BN2O3S/c17-13(20-16-11-6-2-1-3-7-11)15-12-8-4-5-10(9-12)14(18)19/h1-9,16,18-19H,(H,15,17). The number of nitrogens with one attached hydrogen (secondary N) is 2. The molecule has 0 atom stereocenters. The van der Waals surface area contributed by atoms with Crippen LogP contribution in [-0.2, 0) is 0 Å². The van der Waals surface area contributed by atoms with Gasteiger partial charge in [-0.15, -0.1) is 0 Å². The summed E-state index contributed by atoms with van der Waals surface area (Å²) < 4.78 is 2.91. The molecule has 102 valence electrons. The van der Waals surface area contributed by atoms with E-state index < -0.39 is 7.12 Å². The van der Waals surface area contributed by atoms with Crippen molar-refractivity contribution in [2.75, 3.05) is 10.0 Å². The SMILES string of the molecule is O=C(Nc1cccc(B(O)O)c1)SNc1ccccc1. The van der Waals surface area contributed by atoms with E-state index in [0.717, 1.165) is 17.6 Å². The topological polar surface area (TPSA) is 81.6 Å². The van der Waals surface area contributed by atoms with Gasteiger partial charge in [0.2, 0.25) is 0 Å². The number of anilines is 2. The zero-order valence-electron chi connectivity index (χ0n) is 10.5. The molecule has 0 spiro atoms. The van der Waals surface area contributed by atoms with Crippen LogP contribution >= 0.6 is 11.9 Å². The first-order valence-corrected chi connectivity index (χ1v) is 6.72. The first-order chi connectivity index (χ1) is 9.65. The van der Waals surface area contributed by atoms with Gasteiger partial charge >= 0.3 is 12.4 Å². The number of para-hydroxylation sites is 1. The minimum Gasteiger partial charge on any atom is -0.423 e. The molecule has 20 heavy (non-hydrogen) atoms. The molecule has 2 rings (SSSR count). The van der Waals surface area contributed by atoms with Crippen LogP contribution in [0.4, 0.5) is 16.2 Å². The van der Waals surface area contributed by atoms with E-state index in [9.17, 15) is 4.79 Å². The van der Waals surface area contributed by atoms with E-state index in [1.807, 2.05) is 30.3 Å². The summed E-state index contributed by atoms with van der Waals surface area (Å²) in [4.78, 5) is 11.7. The van der Waals surface area contributed by atoms with Crippen molar-refractivity contribution in [2.24, 2.45) is 0 Å². The third-order valence-electron chi connectivity index (χ3n) is 2.47. The van der Waals surface area contributed by atoms with Gasteiger partial charge in [-0.1, -0.05) is 30.3 Å².